The lowest BCUT2D eigenvalue weighted by Gasteiger charge is -2.17. The first-order chi connectivity index (χ1) is 9.58. The molecule has 0 aromatic heterocycles. The summed E-state index contributed by atoms with van der Waals surface area (Å²) >= 11 is 0. The second-order valence-corrected chi connectivity index (χ2v) is 4.56. The first kappa shape index (κ1) is 16.0. The Balaban J connectivity index is 2.72. The fourth-order valence-corrected chi connectivity index (χ4v) is 1.70. The van der Waals surface area contributed by atoms with Crippen molar-refractivity contribution in [3.8, 4) is 0 Å². The number of benzene rings is 1. The molecule has 0 aliphatic heterocycles. The minimum Gasteiger partial charge on any atom is -0.409 e. The number of oxime groups is 1. The maximum Gasteiger partial charge on any atom is 0.231 e. The summed E-state index contributed by atoms with van der Waals surface area (Å²) in [6.45, 7) is 2.22. The van der Waals surface area contributed by atoms with Gasteiger partial charge < -0.3 is 21.0 Å². The van der Waals surface area contributed by atoms with E-state index in [0.717, 1.165) is 5.56 Å². The number of carbonyl (C=O) groups is 1. The second-order valence-electron chi connectivity index (χ2n) is 4.56. The van der Waals surface area contributed by atoms with E-state index in [4.69, 9.17) is 15.7 Å². The van der Waals surface area contributed by atoms with Gasteiger partial charge in [0.25, 0.3) is 0 Å². The number of methoxy groups -OCH3 is 1. The van der Waals surface area contributed by atoms with Gasteiger partial charge in [0.2, 0.25) is 5.91 Å². The van der Waals surface area contributed by atoms with Gasteiger partial charge in [0.1, 0.15) is 5.92 Å². The number of nitrogens with one attached hydrogen (secondary N) is 1. The summed E-state index contributed by atoms with van der Waals surface area (Å²) < 4.78 is 5.06. The van der Waals surface area contributed by atoms with Gasteiger partial charge in [0, 0.05) is 13.7 Å². The van der Waals surface area contributed by atoms with Crippen LogP contribution in [0.15, 0.2) is 35.5 Å². The second kappa shape index (κ2) is 8.16. The van der Waals surface area contributed by atoms with Crippen LogP contribution in [-0.2, 0) is 16.0 Å². The van der Waals surface area contributed by atoms with Crippen molar-refractivity contribution in [1.29, 1.82) is 0 Å². The van der Waals surface area contributed by atoms with Crippen molar-refractivity contribution >= 4 is 11.7 Å². The molecule has 4 N–H and O–H groups in total. The summed E-state index contributed by atoms with van der Waals surface area (Å²) in [7, 11) is 1.57. The van der Waals surface area contributed by atoms with Crippen LogP contribution in [0.25, 0.3) is 0 Å². The predicted molar refractivity (Wildman–Crippen MR) is 76.5 cm³/mol. The van der Waals surface area contributed by atoms with Crippen molar-refractivity contribution in [2.45, 2.75) is 19.4 Å². The van der Waals surface area contributed by atoms with Crippen LogP contribution in [0.5, 0.6) is 0 Å². The molecule has 1 amide bonds. The van der Waals surface area contributed by atoms with Crippen LogP contribution in [-0.4, -0.2) is 36.7 Å². The molecule has 1 aromatic rings. The zero-order valence-corrected chi connectivity index (χ0v) is 11.7. The first-order valence-electron chi connectivity index (χ1n) is 6.40. The molecule has 0 aliphatic carbocycles. The van der Waals surface area contributed by atoms with Crippen LogP contribution in [0.2, 0.25) is 0 Å². The Bertz CT molecular complexity index is 448. The van der Waals surface area contributed by atoms with Gasteiger partial charge in [-0.2, -0.15) is 0 Å². The molecule has 0 spiro atoms. The van der Waals surface area contributed by atoms with E-state index >= 15 is 0 Å². The maximum atomic E-state index is 12.1. The molecule has 0 bridgehead atoms. The molecule has 2 atom stereocenters. The number of carbonyl (C=O) groups excluding carboxylic acids is 1. The zero-order valence-electron chi connectivity index (χ0n) is 11.7. The summed E-state index contributed by atoms with van der Waals surface area (Å²) in [5.41, 5.74) is 6.56. The number of amides is 1. The van der Waals surface area contributed by atoms with E-state index in [9.17, 15) is 4.79 Å². The summed E-state index contributed by atoms with van der Waals surface area (Å²) in [5, 5.41) is 14.5. The highest BCUT2D eigenvalue weighted by Gasteiger charge is 2.23. The van der Waals surface area contributed by atoms with E-state index < -0.39 is 5.92 Å². The quantitative estimate of drug-likeness (QED) is 0.297. The highest BCUT2D eigenvalue weighted by atomic mass is 16.5. The van der Waals surface area contributed by atoms with Gasteiger partial charge in [-0.3, -0.25) is 4.79 Å². The molecule has 6 heteroatoms. The standard InChI is InChI=1S/C14H21N3O3/c1-10(20-2)9-16-14(18)12(13(15)17-19)8-11-6-4-3-5-7-11/h3-7,10,12,19H,8-9H2,1-2H3,(H2,15,17)(H,16,18). The van der Waals surface area contributed by atoms with Gasteiger partial charge in [0.15, 0.2) is 5.84 Å². The largest absolute Gasteiger partial charge is 0.409 e. The molecule has 0 fully saturated rings. The van der Waals surface area contributed by atoms with E-state index in [1.165, 1.54) is 0 Å². The molecular formula is C14H21N3O3. The topological polar surface area (TPSA) is 96.9 Å². The van der Waals surface area contributed by atoms with E-state index in [1.807, 2.05) is 37.3 Å². The van der Waals surface area contributed by atoms with Crippen molar-refractivity contribution in [1.82, 2.24) is 5.32 Å². The molecule has 0 saturated heterocycles. The molecule has 110 valence electrons. The number of hydrogen-bond donors (Lipinski definition) is 3. The highest BCUT2D eigenvalue weighted by molar-refractivity contribution is 6.02. The van der Waals surface area contributed by atoms with Crippen molar-refractivity contribution in [2.75, 3.05) is 13.7 Å². The van der Waals surface area contributed by atoms with Crippen molar-refractivity contribution in [3.63, 3.8) is 0 Å². The molecule has 2 unspecified atom stereocenters. The van der Waals surface area contributed by atoms with Crippen LogP contribution < -0.4 is 11.1 Å². The third-order valence-corrected chi connectivity index (χ3v) is 3.04. The lowest BCUT2D eigenvalue weighted by Crippen LogP contribution is -2.42. The number of nitrogens with zero attached hydrogens (tertiary/aromatic N) is 1. The van der Waals surface area contributed by atoms with Crippen LogP contribution in [0.1, 0.15) is 12.5 Å². The van der Waals surface area contributed by atoms with Crippen LogP contribution in [0.4, 0.5) is 0 Å². The number of amidine groups is 1. The number of nitrogens with two attached hydrogens (primary N) is 1. The Hall–Kier alpha value is -2.08. The Morgan fingerprint density at radius 2 is 2.10 bits per heavy atom. The normalized spacial score (nSPS) is 14.6. The van der Waals surface area contributed by atoms with Gasteiger partial charge in [0.05, 0.1) is 6.10 Å². The fourth-order valence-electron chi connectivity index (χ4n) is 1.70. The minimum atomic E-state index is -0.702. The summed E-state index contributed by atoms with van der Waals surface area (Å²) in [6, 6.07) is 9.43. The Kier molecular flexibility index (Phi) is 6.52. The molecule has 0 heterocycles. The first-order valence-corrected chi connectivity index (χ1v) is 6.40. The van der Waals surface area contributed by atoms with Gasteiger partial charge >= 0.3 is 0 Å². The molecule has 6 nitrogen and oxygen atoms in total. The molecule has 20 heavy (non-hydrogen) atoms. The van der Waals surface area contributed by atoms with Gasteiger partial charge in [-0.15, -0.1) is 0 Å². The molecule has 0 aliphatic rings. The highest BCUT2D eigenvalue weighted by Crippen LogP contribution is 2.09. The van der Waals surface area contributed by atoms with Crippen LogP contribution >= 0.6 is 0 Å². The third-order valence-electron chi connectivity index (χ3n) is 3.04. The van der Waals surface area contributed by atoms with E-state index in [1.54, 1.807) is 7.11 Å². The van der Waals surface area contributed by atoms with Crippen LogP contribution in [0, 0.1) is 5.92 Å². The maximum absolute atomic E-state index is 12.1. The number of hydrogen-bond acceptors (Lipinski definition) is 4. The molecule has 0 radical (unpaired) electrons. The Labute approximate surface area is 118 Å². The van der Waals surface area contributed by atoms with E-state index in [2.05, 4.69) is 10.5 Å². The number of rotatable bonds is 7. The Morgan fingerprint density at radius 3 is 2.65 bits per heavy atom. The van der Waals surface area contributed by atoms with Gasteiger partial charge in [-0.1, -0.05) is 35.5 Å². The third kappa shape index (κ3) is 4.89. The summed E-state index contributed by atoms with van der Waals surface area (Å²) in [6.07, 6.45) is 0.285. The lowest BCUT2D eigenvalue weighted by atomic mass is 9.97. The molecule has 0 saturated carbocycles. The summed E-state index contributed by atoms with van der Waals surface area (Å²) in [5.74, 6) is -1.09. The molecular weight excluding hydrogens is 258 g/mol. The van der Waals surface area contributed by atoms with Gasteiger partial charge in [-0.25, -0.2) is 0 Å². The average Bonchev–Trinajstić information content (AvgIpc) is 2.50. The molecule has 1 aromatic carbocycles. The van der Waals surface area contributed by atoms with E-state index in [-0.39, 0.29) is 17.8 Å². The van der Waals surface area contributed by atoms with Crippen LogP contribution in [0.3, 0.4) is 0 Å². The van der Waals surface area contributed by atoms with Gasteiger partial charge in [-0.05, 0) is 18.9 Å². The zero-order chi connectivity index (χ0) is 15.0. The SMILES string of the molecule is COC(C)CNC(=O)C(Cc1ccccc1)/C(N)=N/O. The smallest absolute Gasteiger partial charge is 0.231 e. The predicted octanol–water partition coefficient (Wildman–Crippen LogP) is 0.743. The van der Waals surface area contributed by atoms with Crippen molar-refractivity contribution in [3.05, 3.63) is 35.9 Å². The van der Waals surface area contributed by atoms with E-state index in [0.29, 0.717) is 13.0 Å². The Morgan fingerprint density at radius 1 is 1.45 bits per heavy atom. The van der Waals surface area contributed by atoms with Crippen molar-refractivity contribution < 1.29 is 14.7 Å². The monoisotopic (exact) mass is 279 g/mol. The average molecular weight is 279 g/mol. The minimum absolute atomic E-state index is 0.0939. The number of ether oxygens (including phenoxy) is 1. The van der Waals surface area contributed by atoms with Crippen molar-refractivity contribution in [2.24, 2.45) is 16.8 Å². The fraction of sp³-hybridized carbons (Fsp3) is 0.429. The lowest BCUT2D eigenvalue weighted by molar-refractivity contribution is -0.123. The molecule has 1 rings (SSSR count). The summed E-state index contributed by atoms with van der Waals surface area (Å²) in [4.78, 5) is 12.1.